The molecule has 4 heteroatoms. The fourth-order valence-electron chi connectivity index (χ4n) is 1.43. The molecule has 12 heavy (non-hydrogen) atoms. The highest BCUT2D eigenvalue weighted by atomic mass is 16.5. The van der Waals surface area contributed by atoms with Crippen molar-refractivity contribution >= 4 is 5.91 Å². The normalized spacial score (nSPS) is 23.7. The fourth-order valence-corrected chi connectivity index (χ4v) is 1.43. The van der Waals surface area contributed by atoms with Gasteiger partial charge < -0.3 is 15.0 Å². The number of carbonyl (C=O) groups excluding carboxylic acids is 1. The van der Waals surface area contributed by atoms with E-state index in [-0.39, 0.29) is 11.9 Å². The third-order valence-corrected chi connectivity index (χ3v) is 2.21. The SMILES string of the molecule is CNC1CCN(CCOC)C1=O. The summed E-state index contributed by atoms with van der Waals surface area (Å²) in [6, 6.07) is 0.0295. The largest absolute Gasteiger partial charge is 0.383 e. The second-order valence-corrected chi connectivity index (χ2v) is 2.95. The van der Waals surface area contributed by atoms with Crippen LogP contribution in [0.25, 0.3) is 0 Å². The maximum atomic E-state index is 11.5. The van der Waals surface area contributed by atoms with Crippen LogP contribution in [0.5, 0.6) is 0 Å². The van der Waals surface area contributed by atoms with E-state index >= 15 is 0 Å². The monoisotopic (exact) mass is 172 g/mol. The van der Waals surface area contributed by atoms with Gasteiger partial charge in [-0.15, -0.1) is 0 Å². The van der Waals surface area contributed by atoms with Crippen LogP contribution in [0, 0.1) is 0 Å². The molecule has 0 aromatic carbocycles. The molecule has 1 N–H and O–H groups in total. The highest BCUT2D eigenvalue weighted by molar-refractivity contribution is 5.83. The van der Waals surface area contributed by atoms with Crippen molar-refractivity contribution in [1.29, 1.82) is 0 Å². The van der Waals surface area contributed by atoms with Crippen LogP contribution in [-0.2, 0) is 9.53 Å². The van der Waals surface area contributed by atoms with Crippen LogP contribution in [-0.4, -0.2) is 50.7 Å². The maximum absolute atomic E-state index is 11.5. The van der Waals surface area contributed by atoms with Gasteiger partial charge in [0.2, 0.25) is 5.91 Å². The molecule has 4 nitrogen and oxygen atoms in total. The van der Waals surface area contributed by atoms with E-state index in [0.29, 0.717) is 13.2 Å². The van der Waals surface area contributed by atoms with Crippen LogP contribution < -0.4 is 5.32 Å². The molecule has 0 aliphatic carbocycles. The molecule has 70 valence electrons. The number of nitrogens with zero attached hydrogens (tertiary/aromatic N) is 1. The molecule has 1 rings (SSSR count). The highest BCUT2D eigenvalue weighted by Crippen LogP contribution is 2.09. The van der Waals surface area contributed by atoms with Gasteiger partial charge in [-0.1, -0.05) is 0 Å². The summed E-state index contributed by atoms with van der Waals surface area (Å²) in [4.78, 5) is 13.3. The lowest BCUT2D eigenvalue weighted by atomic mass is 10.3. The smallest absolute Gasteiger partial charge is 0.239 e. The van der Waals surface area contributed by atoms with Crippen molar-refractivity contribution in [2.24, 2.45) is 0 Å². The van der Waals surface area contributed by atoms with Crippen molar-refractivity contribution in [2.45, 2.75) is 12.5 Å². The van der Waals surface area contributed by atoms with E-state index in [0.717, 1.165) is 13.0 Å². The lowest BCUT2D eigenvalue weighted by Gasteiger charge is -2.15. The predicted octanol–water partition coefficient (Wildman–Crippen LogP) is -0.547. The first-order valence-electron chi connectivity index (χ1n) is 4.24. The van der Waals surface area contributed by atoms with Crippen LogP contribution in [0.3, 0.4) is 0 Å². The summed E-state index contributed by atoms with van der Waals surface area (Å²) in [5.41, 5.74) is 0. The number of hydrogen-bond acceptors (Lipinski definition) is 3. The van der Waals surface area contributed by atoms with E-state index in [4.69, 9.17) is 4.74 Å². The number of nitrogens with one attached hydrogen (secondary N) is 1. The third-order valence-electron chi connectivity index (χ3n) is 2.21. The zero-order valence-corrected chi connectivity index (χ0v) is 7.67. The van der Waals surface area contributed by atoms with Gasteiger partial charge in [0.1, 0.15) is 0 Å². The first-order valence-corrected chi connectivity index (χ1v) is 4.24. The second kappa shape index (κ2) is 4.42. The van der Waals surface area contributed by atoms with Gasteiger partial charge in [0.25, 0.3) is 0 Å². The lowest BCUT2D eigenvalue weighted by molar-refractivity contribution is -0.129. The van der Waals surface area contributed by atoms with Crippen molar-refractivity contribution < 1.29 is 9.53 Å². The molecular weight excluding hydrogens is 156 g/mol. The molecule has 1 heterocycles. The van der Waals surface area contributed by atoms with Crippen molar-refractivity contribution in [3.63, 3.8) is 0 Å². The number of amides is 1. The molecule has 0 aromatic heterocycles. The summed E-state index contributed by atoms with van der Waals surface area (Å²) in [5, 5.41) is 2.99. The quantitative estimate of drug-likeness (QED) is 0.619. The van der Waals surface area contributed by atoms with E-state index in [9.17, 15) is 4.79 Å². The molecule has 1 saturated heterocycles. The van der Waals surface area contributed by atoms with E-state index in [1.165, 1.54) is 0 Å². The van der Waals surface area contributed by atoms with Crippen molar-refractivity contribution in [3.8, 4) is 0 Å². The first kappa shape index (κ1) is 9.48. The molecule has 0 radical (unpaired) electrons. The van der Waals surface area contributed by atoms with Crippen molar-refractivity contribution in [1.82, 2.24) is 10.2 Å². The van der Waals surface area contributed by atoms with Gasteiger partial charge in [-0.05, 0) is 13.5 Å². The zero-order valence-electron chi connectivity index (χ0n) is 7.67. The summed E-state index contributed by atoms with van der Waals surface area (Å²) < 4.78 is 4.91. The van der Waals surface area contributed by atoms with Crippen LogP contribution >= 0.6 is 0 Å². The molecule has 0 aromatic rings. The Morgan fingerprint density at radius 3 is 3.00 bits per heavy atom. The Morgan fingerprint density at radius 1 is 1.75 bits per heavy atom. The van der Waals surface area contributed by atoms with E-state index in [1.807, 2.05) is 11.9 Å². The van der Waals surface area contributed by atoms with E-state index in [2.05, 4.69) is 5.32 Å². The Balaban J connectivity index is 2.33. The second-order valence-electron chi connectivity index (χ2n) is 2.95. The summed E-state index contributed by atoms with van der Waals surface area (Å²) in [7, 11) is 3.47. The van der Waals surface area contributed by atoms with Crippen LogP contribution in [0.1, 0.15) is 6.42 Å². The highest BCUT2D eigenvalue weighted by Gasteiger charge is 2.29. The van der Waals surface area contributed by atoms with Crippen LogP contribution in [0.4, 0.5) is 0 Å². The number of rotatable bonds is 4. The molecule has 0 spiro atoms. The number of hydrogen-bond donors (Lipinski definition) is 1. The summed E-state index contributed by atoms with van der Waals surface area (Å²) >= 11 is 0. The number of methoxy groups -OCH3 is 1. The van der Waals surface area contributed by atoms with Gasteiger partial charge in [0.05, 0.1) is 12.6 Å². The molecule has 1 aliphatic heterocycles. The van der Waals surface area contributed by atoms with Gasteiger partial charge >= 0.3 is 0 Å². The minimum Gasteiger partial charge on any atom is -0.383 e. The molecule has 0 saturated carbocycles. The molecule has 1 aliphatic rings. The Kier molecular flexibility index (Phi) is 3.49. The third kappa shape index (κ3) is 1.95. The number of likely N-dealkylation sites (tertiary alicyclic amines) is 1. The maximum Gasteiger partial charge on any atom is 0.239 e. The first-order chi connectivity index (χ1) is 5.79. The predicted molar refractivity (Wildman–Crippen MR) is 45.9 cm³/mol. The van der Waals surface area contributed by atoms with Gasteiger partial charge in [-0.2, -0.15) is 0 Å². The summed E-state index contributed by atoms with van der Waals surface area (Å²) in [5.74, 6) is 0.203. The summed E-state index contributed by atoms with van der Waals surface area (Å²) in [6.45, 7) is 2.20. The summed E-state index contributed by atoms with van der Waals surface area (Å²) in [6.07, 6.45) is 0.916. The molecule has 1 unspecified atom stereocenters. The van der Waals surface area contributed by atoms with Crippen molar-refractivity contribution in [2.75, 3.05) is 33.9 Å². The molecular formula is C8H16N2O2. The average molecular weight is 172 g/mol. The van der Waals surface area contributed by atoms with Crippen LogP contribution in [0.15, 0.2) is 0 Å². The number of ether oxygens (including phenoxy) is 1. The van der Waals surface area contributed by atoms with Gasteiger partial charge in [0, 0.05) is 20.2 Å². The Morgan fingerprint density at radius 2 is 2.50 bits per heavy atom. The van der Waals surface area contributed by atoms with Gasteiger partial charge in [0.15, 0.2) is 0 Å². The molecule has 0 bridgehead atoms. The topological polar surface area (TPSA) is 41.6 Å². The van der Waals surface area contributed by atoms with Gasteiger partial charge in [-0.3, -0.25) is 4.79 Å². The Hall–Kier alpha value is -0.610. The Labute approximate surface area is 72.9 Å². The van der Waals surface area contributed by atoms with Gasteiger partial charge in [-0.25, -0.2) is 0 Å². The molecule has 1 amide bonds. The fraction of sp³-hybridized carbons (Fsp3) is 0.875. The standard InChI is InChI=1S/C8H16N2O2/c1-9-7-3-4-10(8(7)11)5-6-12-2/h7,9H,3-6H2,1-2H3. The molecule has 1 atom stereocenters. The van der Waals surface area contributed by atoms with E-state index < -0.39 is 0 Å². The average Bonchev–Trinajstić information content (AvgIpc) is 2.43. The Bertz CT molecular complexity index is 161. The van der Waals surface area contributed by atoms with Crippen molar-refractivity contribution in [3.05, 3.63) is 0 Å². The van der Waals surface area contributed by atoms with E-state index in [1.54, 1.807) is 7.11 Å². The van der Waals surface area contributed by atoms with Crippen LogP contribution in [0.2, 0.25) is 0 Å². The number of carbonyl (C=O) groups is 1. The molecule has 1 fully saturated rings. The number of likely N-dealkylation sites (N-methyl/N-ethyl adjacent to an activating group) is 1. The minimum absolute atomic E-state index is 0.0295. The minimum atomic E-state index is 0.0295. The lowest BCUT2D eigenvalue weighted by Crippen LogP contribution is -2.37. The zero-order chi connectivity index (χ0) is 8.97.